The van der Waals surface area contributed by atoms with Crippen molar-refractivity contribution in [2.45, 2.75) is 38.4 Å². The Hall–Kier alpha value is -1.35. The monoisotopic (exact) mass is 230 g/mol. The second-order valence-corrected chi connectivity index (χ2v) is 5.13. The smallest absolute Gasteiger partial charge is 0.244 e. The summed E-state index contributed by atoms with van der Waals surface area (Å²) < 4.78 is 0. The van der Waals surface area contributed by atoms with Crippen LogP contribution in [-0.4, -0.2) is 22.9 Å². The number of nitrogens with one attached hydrogen (secondary N) is 1. The summed E-state index contributed by atoms with van der Waals surface area (Å²) in [5, 5.41) is 3.51. The molecule has 1 heterocycles. The zero-order valence-corrected chi connectivity index (χ0v) is 10.4. The number of hydrogen-bond donors (Lipinski definition) is 1. The molecular formula is C14H18N2O. The number of aryl methyl sites for hydroxylation is 1. The van der Waals surface area contributed by atoms with Crippen LogP contribution in [0.5, 0.6) is 0 Å². The number of carbonyl (C=O) groups is 1. The third-order valence-corrected chi connectivity index (χ3v) is 3.84. The van der Waals surface area contributed by atoms with Crippen LogP contribution in [0.1, 0.15) is 37.1 Å². The molecule has 2 aliphatic rings. The fourth-order valence-corrected chi connectivity index (χ4v) is 2.71. The lowest BCUT2D eigenvalue weighted by atomic mass is 10.1. The molecule has 1 aliphatic heterocycles. The van der Waals surface area contributed by atoms with Gasteiger partial charge in [-0.05, 0) is 32.3 Å². The van der Waals surface area contributed by atoms with E-state index in [-0.39, 0.29) is 17.6 Å². The number of amides is 1. The van der Waals surface area contributed by atoms with Gasteiger partial charge in [-0.1, -0.05) is 29.8 Å². The minimum atomic E-state index is -0.218. The first-order chi connectivity index (χ1) is 8.16. The van der Waals surface area contributed by atoms with Crippen molar-refractivity contribution in [3.05, 3.63) is 35.4 Å². The fraction of sp³-hybridized carbons (Fsp3) is 0.500. The molecule has 1 amide bonds. The van der Waals surface area contributed by atoms with E-state index in [0.29, 0.717) is 0 Å². The molecule has 1 unspecified atom stereocenters. The van der Waals surface area contributed by atoms with E-state index in [1.165, 1.54) is 11.1 Å². The van der Waals surface area contributed by atoms with Crippen molar-refractivity contribution < 1.29 is 4.79 Å². The normalized spacial score (nSPS) is 25.6. The van der Waals surface area contributed by atoms with E-state index in [9.17, 15) is 4.79 Å². The number of benzene rings is 1. The van der Waals surface area contributed by atoms with E-state index < -0.39 is 0 Å². The summed E-state index contributed by atoms with van der Waals surface area (Å²) in [5.74, 6) is 0.284. The SMILES string of the molecule is CCN1C(=O)C2(CC2)NC1c1cccc(C)c1. The largest absolute Gasteiger partial charge is 0.322 e. The van der Waals surface area contributed by atoms with E-state index in [2.05, 4.69) is 36.5 Å². The number of likely N-dealkylation sites (N-methyl/N-ethyl adjacent to an activating group) is 1. The Bertz CT molecular complexity index is 465. The number of nitrogens with zero attached hydrogens (tertiary/aromatic N) is 1. The molecule has 1 saturated heterocycles. The summed E-state index contributed by atoms with van der Waals surface area (Å²) in [4.78, 5) is 14.2. The summed E-state index contributed by atoms with van der Waals surface area (Å²) in [6.07, 6.45) is 2.05. The Morgan fingerprint density at radius 1 is 1.47 bits per heavy atom. The molecule has 1 atom stereocenters. The van der Waals surface area contributed by atoms with Crippen LogP contribution >= 0.6 is 0 Å². The lowest BCUT2D eigenvalue weighted by Crippen LogP contribution is -2.32. The first kappa shape index (κ1) is 10.8. The average molecular weight is 230 g/mol. The molecule has 1 aliphatic carbocycles. The highest BCUT2D eigenvalue weighted by atomic mass is 16.2. The van der Waals surface area contributed by atoms with E-state index in [4.69, 9.17) is 0 Å². The molecule has 3 nitrogen and oxygen atoms in total. The summed E-state index contributed by atoms with van der Waals surface area (Å²) in [6.45, 7) is 4.90. The molecular weight excluding hydrogens is 212 g/mol. The van der Waals surface area contributed by atoms with Gasteiger partial charge in [0.25, 0.3) is 0 Å². The van der Waals surface area contributed by atoms with Crippen LogP contribution in [0.2, 0.25) is 0 Å². The predicted octanol–water partition coefficient (Wildman–Crippen LogP) is 1.98. The molecule has 0 aromatic heterocycles. The maximum absolute atomic E-state index is 12.3. The van der Waals surface area contributed by atoms with Crippen LogP contribution in [0.4, 0.5) is 0 Å². The van der Waals surface area contributed by atoms with E-state index in [1.807, 2.05) is 11.8 Å². The van der Waals surface area contributed by atoms with Crippen LogP contribution in [-0.2, 0) is 4.79 Å². The minimum absolute atomic E-state index is 0.0647. The number of rotatable bonds is 2. The standard InChI is InChI=1S/C14H18N2O/c1-3-16-12(11-6-4-5-10(2)9-11)15-14(7-8-14)13(16)17/h4-6,9,12,15H,3,7-8H2,1-2H3. The molecule has 90 valence electrons. The Labute approximate surface area is 102 Å². The average Bonchev–Trinajstić information content (AvgIpc) is 3.03. The molecule has 3 rings (SSSR count). The van der Waals surface area contributed by atoms with Crippen molar-refractivity contribution >= 4 is 5.91 Å². The fourth-order valence-electron chi connectivity index (χ4n) is 2.71. The maximum Gasteiger partial charge on any atom is 0.244 e. The molecule has 3 heteroatoms. The van der Waals surface area contributed by atoms with Gasteiger partial charge in [-0.2, -0.15) is 0 Å². The van der Waals surface area contributed by atoms with Crippen molar-refractivity contribution in [1.82, 2.24) is 10.2 Å². The van der Waals surface area contributed by atoms with E-state index in [0.717, 1.165) is 19.4 Å². The third kappa shape index (κ3) is 1.57. The molecule has 1 aromatic carbocycles. The molecule has 1 aromatic rings. The van der Waals surface area contributed by atoms with Crippen LogP contribution < -0.4 is 5.32 Å². The van der Waals surface area contributed by atoms with Gasteiger partial charge in [-0.25, -0.2) is 0 Å². The molecule has 0 bridgehead atoms. The predicted molar refractivity (Wildman–Crippen MR) is 66.4 cm³/mol. The van der Waals surface area contributed by atoms with Gasteiger partial charge in [0, 0.05) is 6.54 Å². The number of hydrogen-bond acceptors (Lipinski definition) is 2. The summed E-state index contributed by atoms with van der Waals surface area (Å²) >= 11 is 0. The highest BCUT2D eigenvalue weighted by molar-refractivity contribution is 5.92. The van der Waals surface area contributed by atoms with E-state index >= 15 is 0 Å². The zero-order valence-electron chi connectivity index (χ0n) is 10.4. The van der Waals surface area contributed by atoms with Gasteiger partial charge < -0.3 is 4.90 Å². The summed E-state index contributed by atoms with van der Waals surface area (Å²) in [5.41, 5.74) is 2.22. The summed E-state index contributed by atoms with van der Waals surface area (Å²) in [7, 11) is 0. The van der Waals surface area contributed by atoms with Gasteiger partial charge in [-0.3, -0.25) is 10.1 Å². The lowest BCUT2D eigenvalue weighted by molar-refractivity contribution is -0.130. The van der Waals surface area contributed by atoms with Crippen molar-refractivity contribution in [2.24, 2.45) is 0 Å². The van der Waals surface area contributed by atoms with Crippen molar-refractivity contribution in [2.75, 3.05) is 6.54 Å². The topological polar surface area (TPSA) is 32.3 Å². The van der Waals surface area contributed by atoms with Gasteiger partial charge >= 0.3 is 0 Å². The van der Waals surface area contributed by atoms with Crippen molar-refractivity contribution in [3.63, 3.8) is 0 Å². The number of carbonyl (C=O) groups excluding carboxylic acids is 1. The quantitative estimate of drug-likeness (QED) is 0.842. The highest BCUT2D eigenvalue weighted by Gasteiger charge is 2.58. The third-order valence-electron chi connectivity index (χ3n) is 3.84. The van der Waals surface area contributed by atoms with Crippen LogP contribution in [0.15, 0.2) is 24.3 Å². The van der Waals surface area contributed by atoms with Crippen LogP contribution in [0, 0.1) is 6.92 Å². The van der Waals surface area contributed by atoms with Crippen molar-refractivity contribution in [1.29, 1.82) is 0 Å². The Kier molecular flexibility index (Phi) is 2.26. The Balaban J connectivity index is 1.95. The minimum Gasteiger partial charge on any atom is -0.322 e. The van der Waals surface area contributed by atoms with Crippen molar-refractivity contribution in [3.8, 4) is 0 Å². The van der Waals surface area contributed by atoms with Crippen LogP contribution in [0.3, 0.4) is 0 Å². The second-order valence-electron chi connectivity index (χ2n) is 5.13. The zero-order chi connectivity index (χ0) is 12.0. The summed E-state index contributed by atoms with van der Waals surface area (Å²) in [6, 6.07) is 8.41. The van der Waals surface area contributed by atoms with Gasteiger partial charge in [0.1, 0.15) is 11.7 Å². The maximum atomic E-state index is 12.3. The van der Waals surface area contributed by atoms with Crippen LogP contribution in [0.25, 0.3) is 0 Å². The first-order valence-corrected chi connectivity index (χ1v) is 6.32. The molecule has 2 fully saturated rings. The molecule has 0 radical (unpaired) electrons. The lowest BCUT2D eigenvalue weighted by Gasteiger charge is -2.23. The first-order valence-electron chi connectivity index (χ1n) is 6.32. The van der Waals surface area contributed by atoms with Gasteiger partial charge in [0.15, 0.2) is 0 Å². The molecule has 1 saturated carbocycles. The highest BCUT2D eigenvalue weighted by Crippen LogP contribution is 2.45. The van der Waals surface area contributed by atoms with Gasteiger partial charge in [0.05, 0.1) is 0 Å². The Morgan fingerprint density at radius 3 is 2.82 bits per heavy atom. The Morgan fingerprint density at radius 2 is 2.24 bits per heavy atom. The van der Waals surface area contributed by atoms with Gasteiger partial charge in [-0.15, -0.1) is 0 Å². The molecule has 1 spiro atoms. The molecule has 17 heavy (non-hydrogen) atoms. The second kappa shape index (κ2) is 3.57. The molecule has 1 N–H and O–H groups in total. The van der Waals surface area contributed by atoms with Gasteiger partial charge in [0.2, 0.25) is 5.91 Å². The van der Waals surface area contributed by atoms with E-state index in [1.54, 1.807) is 0 Å².